The molecular weight excluding hydrogens is 322 g/mol. The summed E-state index contributed by atoms with van der Waals surface area (Å²) in [5.74, 6) is -1.47. The fourth-order valence-electron chi connectivity index (χ4n) is 2.82. The van der Waals surface area contributed by atoms with Crippen LogP contribution in [-0.2, 0) is 4.79 Å². The third-order valence-electron chi connectivity index (χ3n) is 4.03. The quantitative estimate of drug-likeness (QED) is 0.661. The Morgan fingerprint density at radius 2 is 1.96 bits per heavy atom. The second kappa shape index (κ2) is 6.68. The molecule has 25 heavy (non-hydrogen) atoms. The molecule has 0 saturated carbocycles. The molecule has 6 nitrogen and oxygen atoms in total. The van der Waals surface area contributed by atoms with Gasteiger partial charge in [0.1, 0.15) is 23.1 Å². The van der Waals surface area contributed by atoms with Gasteiger partial charge >= 0.3 is 5.97 Å². The highest BCUT2D eigenvalue weighted by Gasteiger charge is 2.27. The van der Waals surface area contributed by atoms with Crippen molar-refractivity contribution >= 4 is 22.6 Å². The van der Waals surface area contributed by atoms with Gasteiger partial charge in [-0.1, -0.05) is 31.2 Å². The molecule has 3 rings (SSSR count). The van der Waals surface area contributed by atoms with Gasteiger partial charge in [0.25, 0.3) is 0 Å². The molecule has 0 bridgehead atoms. The highest BCUT2D eigenvalue weighted by atomic mass is 16.4. The first-order chi connectivity index (χ1) is 12.0. The Labute approximate surface area is 143 Å². The largest absolute Gasteiger partial charge is 0.507 e. The maximum Gasteiger partial charge on any atom is 0.339 e. The number of carboxylic acids is 1. The first kappa shape index (κ1) is 16.6. The predicted molar refractivity (Wildman–Crippen MR) is 91.6 cm³/mol. The van der Waals surface area contributed by atoms with E-state index in [1.54, 1.807) is 43.3 Å². The molecule has 2 aromatic carbocycles. The Hall–Kier alpha value is -3.28. The third kappa shape index (κ3) is 3.06. The number of furan rings is 1. The molecule has 6 heteroatoms. The van der Waals surface area contributed by atoms with Gasteiger partial charge in [-0.15, -0.1) is 0 Å². The zero-order valence-corrected chi connectivity index (χ0v) is 13.5. The zero-order valence-electron chi connectivity index (χ0n) is 13.5. The number of hydrogen-bond donors (Lipinski definition) is 3. The van der Waals surface area contributed by atoms with Crippen molar-refractivity contribution in [3.05, 3.63) is 65.6 Å². The van der Waals surface area contributed by atoms with Crippen molar-refractivity contribution in [1.29, 1.82) is 0 Å². The zero-order chi connectivity index (χ0) is 18.0. The summed E-state index contributed by atoms with van der Waals surface area (Å²) >= 11 is 0. The van der Waals surface area contributed by atoms with Gasteiger partial charge in [-0.05, 0) is 29.0 Å². The molecule has 0 aliphatic rings. The molecule has 0 saturated heterocycles. The fraction of sp³-hybridized carbons (Fsp3) is 0.158. The van der Waals surface area contributed by atoms with Crippen molar-refractivity contribution in [3.8, 4) is 5.75 Å². The molecule has 3 N–H and O–H groups in total. The van der Waals surface area contributed by atoms with Crippen LogP contribution >= 0.6 is 0 Å². The van der Waals surface area contributed by atoms with Gasteiger partial charge in [-0.25, -0.2) is 4.79 Å². The summed E-state index contributed by atoms with van der Waals surface area (Å²) < 4.78 is 5.43. The second-order valence-corrected chi connectivity index (χ2v) is 5.58. The number of amides is 1. The molecule has 0 aliphatic carbocycles. The van der Waals surface area contributed by atoms with E-state index in [1.165, 1.54) is 12.3 Å². The van der Waals surface area contributed by atoms with Crippen LogP contribution in [0, 0.1) is 0 Å². The van der Waals surface area contributed by atoms with Gasteiger partial charge in [0, 0.05) is 12.0 Å². The number of hydrogen-bond acceptors (Lipinski definition) is 4. The van der Waals surface area contributed by atoms with Gasteiger partial charge in [-0.3, -0.25) is 4.79 Å². The SMILES string of the molecule is CCC(=O)N[C@H](c1ccco1)c1c(O)c(C(=O)O)cc2ccccc12. The molecule has 3 aromatic rings. The lowest BCUT2D eigenvalue weighted by Crippen LogP contribution is -2.28. The smallest absolute Gasteiger partial charge is 0.339 e. The monoisotopic (exact) mass is 339 g/mol. The Morgan fingerprint density at radius 3 is 2.60 bits per heavy atom. The summed E-state index contributed by atoms with van der Waals surface area (Å²) in [6.07, 6.45) is 1.70. The topological polar surface area (TPSA) is 99.8 Å². The molecule has 1 heterocycles. The highest BCUT2D eigenvalue weighted by molar-refractivity contribution is 6.00. The van der Waals surface area contributed by atoms with Crippen molar-refractivity contribution in [2.45, 2.75) is 19.4 Å². The summed E-state index contributed by atoms with van der Waals surface area (Å²) in [6.45, 7) is 1.71. The van der Waals surface area contributed by atoms with Gasteiger partial charge in [0.2, 0.25) is 5.91 Å². The molecule has 0 unspecified atom stereocenters. The van der Waals surface area contributed by atoms with E-state index in [2.05, 4.69) is 5.32 Å². The van der Waals surface area contributed by atoms with E-state index >= 15 is 0 Å². The molecule has 0 radical (unpaired) electrons. The van der Waals surface area contributed by atoms with Crippen LogP contribution in [0.4, 0.5) is 0 Å². The van der Waals surface area contributed by atoms with Crippen molar-refractivity contribution in [2.75, 3.05) is 0 Å². The first-order valence-corrected chi connectivity index (χ1v) is 7.83. The van der Waals surface area contributed by atoms with Gasteiger partial charge in [0.15, 0.2) is 0 Å². The Balaban J connectivity index is 2.31. The number of nitrogens with one attached hydrogen (secondary N) is 1. The molecule has 0 spiro atoms. The molecule has 1 amide bonds. The van der Waals surface area contributed by atoms with Crippen LogP contribution in [0.1, 0.15) is 41.1 Å². The number of aromatic hydroxyl groups is 1. The number of aromatic carboxylic acids is 1. The van der Waals surface area contributed by atoms with E-state index < -0.39 is 12.0 Å². The van der Waals surface area contributed by atoms with E-state index in [4.69, 9.17) is 4.42 Å². The highest BCUT2D eigenvalue weighted by Crippen LogP contribution is 2.38. The Morgan fingerprint density at radius 1 is 1.20 bits per heavy atom. The van der Waals surface area contributed by atoms with Crippen molar-refractivity contribution < 1.29 is 24.2 Å². The number of carbonyl (C=O) groups is 2. The van der Waals surface area contributed by atoms with E-state index in [0.717, 1.165) is 0 Å². The average Bonchev–Trinajstić information content (AvgIpc) is 3.13. The maximum absolute atomic E-state index is 12.0. The van der Waals surface area contributed by atoms with E-state index in [9.17, 15) is 19.8 Å². The Kier molecular flexibility index (Phi) is 4.43. The second-order valence-electron chi connectivity index (χ2n) is 5.58. The van der Waals surface area contributed by atoms with Gasteiger partial charge in [-0.2, -0.15) is 0 Å². The van der Waals surface area contributed by atoms with Crippen molar-refractivity contribution in [1.82, 2.24) is 5.32 Å². The van der Waals surface area contributed by atoms with Crippen LogP contribution in [0.25, 0.3) is 10.8 Å². The molecule has 1 aromatic heterocycles. The van der Waals surface area contributed by atoms with Crippen LogP contribution in [0.5, 0.6) is 5.75 Å². The minimum absolute atomic E-state index is 0.226. The number of carboxylic acid groups (broad SMARTS) is 1. The number of rotatable bonds is 5. The molecule has 0 fully saturated rings. The van der Waals surface area contributed by atoms with Gasteiger partial charge in [0.05, 0.1) is 6.26 Å². The lowest BCUT2D eigenvalue weighted by molar-refractivity contribution is -0.121. The normalized spacial score (nSPS) is 12.0. The molecule has 128 valence electrons. The van der Waals surface area contributed by atoms with Crippen LogP contribution in [0.15, 0.2) is 53.1 Å². The number of carbonyl (C=O) groups excluding carboxylic acids is 1. The number of benzene rings is 2. The van der Waals surface area contributed by atoms with Crippen LogP contribution in [-0.4, -0.2) is 22.1 Å². The Bertz CT molecular complexity index is 930. The molecular formula is C19H17NO5. The standard InChI is InChI=1S/C19H17NO5/c1-2-15(21)20-17(14-8-5-9-25-14)16-12-7-4-3-6-11(12)10-13(18(16)22)19(23)24/h3-10,17,22H,2H2,1H3,(H,20,21)(H,23,24)/t17-/m1/s1. The third-order valence-corrected chi connectivity index (χ3v) is 4.03. The lowest BCUT2D eigenvalue weighted by Gasteiger charge is -2.21. The summed E-state index contributed by atoms with van der Waals surface area (Å²) in [5, 5.41) is 24.1. The van der Waals surface area contributed by atoms with Crippen LogP contribution in [0.2, 0.25) is 0 Å². The minimum Gasteiger partial charge on any atom is -0.507 e. The van der Waals surface area contributed by atoms with E-state index in [1.807, 2.05) is 0 Å². The lowest BCUT2D eigenvalue weighted by atomic mass is 9.93. The minimum atomic E-state index is -1.25. The van der Waals surface area contributed by atoms with E-state index in [0.29, 0.717) is 22.1 Å². The van der Waals surface area contributed by atoms with Crippen molar-refractivity contribution in [3.63, 3.8) is 0 Å². The van der Waals surface area contributed by atoms with Crippen molar-refractivity contribution in [2.24, 2.45) is 0 Å². The average molecular weight is 339 g/mol. The van der Waals surface area contributed by atoms with Crippen LogP contribution < -0.4 is 5.32 Å². The summed E-state index contributed by atoms with van der Waals surface area (Å²) in [4.78, 5) is 23.5. The fourth-order valence-corrected chi connectivity index (χ4v) is 2.82. The number of fused-ring (bicyclic) bond motifs is 1. The maximum atomic E-state index is 12.0. The summed E-state index contributed by atoms with van der Waals surface area (Å²) in [7, 11) is 0. The van der Waals surface area contributed by atoms with Gasteiger partial charge < -0.3 is 19.9 Å². The predicted octanol–water partition coefficient (Wildman–Crippen LogP) is 3.45. The molecule has 0 aliphatic heterocycles. The van der Waals surface area contributed by atoms with Crippen LogP contribution in [0.3, 0.4) is 0 Å². The number of phenols is 1. The first-order valence-electron chi connectivity index (χ1n) is 7.83. The summed E-state index contributed by atoms with van der Waals surface area (Å²) in [5.41, 5.74) is 0.0725. The molecule has 1 atom stereocenters. The summed E-state index contributed by atoms with van der Waals surface area (Å²) in [6, 6.07) is 11.0. The van der Waals surface area contributed by atoms with E-state index in [-0.39, 0.29) is 23.6 Å².